The summed E-state index contributed by atoms with van der Waals surface area (Å²) in [5, 5.41) is 9.02. The summed E-state index contributed by atoms with van der Waals surface area (Å²) in [6.07, 6.45) is -2.07. The zero-order chi connectivity index (χ0) is 28.5. The largest absolute Gasteiger partial charge is 0.493 e. The number of halogens is 3. The Morgan fingerprint density at radius 1 is 1.23 bits per heavy atom. The molecule has 214 valence electrons. The van der Waals surface area contributed by atoms with Crippen molar-refractivity contribution in [2.75, 3.05) is 46.4 Å². The van der Waals surface area contributed by atoms with Crippen LogP contribution in [0.4, 0.5) is 13.2 Å². The molecule has 2 aromatic rings. The Balaban J connectivity index is 1.39. The quantitative estimate of drug-likeness (QED) is 0.443. The lowest BCUT2D eigenvalue weighted by atomic mass is 9.95. The number of carbonyl (C=O) groups is 1. The van der Waals surface area contributed by atoms with Crippen LogP contribution in [0, 0.1) is 13.8 Å². The number of hydrogen-bond acceptors (Lipinski definition) is 6. The second kappa shape index (κ2) is 11.4. The maximum atomic E-state index is 13.2. The van der Waals surface area contributed by atoms with Gasteiger partial charge in [0.1, 0.15) is 11.4 Å². The van der Waals surface area contributed by atoms with Crippen LogP contribution in [0.3, 0.4) is 0 Å². The maximum absolute atomic E-state index is 13.2. The Labute approximate surface area is 228 Å². The summed E-state index contributed by atoms with van der Waals surface area (Å²) < 4.78 is 44.8. The van der Waals surface area contributed by atoms with Gasteiger partial charge in [0.25, 0.3) is 5.91 Å². The summed E-state index contributed by atoms with van der Waals surface area (Å²) >= 11 is 0. The summed E-state index contributed by atoms with van der Waals surface area (Å²) in [7, 11) is 1.98. The number of alkyl halides is 3. The van der Waals surface area contributed by atoms with Crippen LogP contribution in [0.15, 0.2) is 30.5 Å². The van der Waals surface area contributed by atoms with E-state index >= 15 is 0 Å². The van der Waals surface area contributed by atoms with E-state index in [9.17, 15) is 18.0 Å². The normalized spacial score (nSPS) is 22.1. The first kappa shape index (κ1) is 29.3. The van der Waals surface area contributed by atoms with Crippen molar-refractivity contribution in [2.45, 2.75) is 64.3 Å². The van der Waals surface area contributed by atoms with Crippen LogP contribution in [-0.2, 0) is 6.18 Å². The molecule has 1 aromatic carbocycles. The van der Waals surface area contributed by atoms with Crippen molar-refractivity contribution in [1.29, 1.82) is 0 Å². The molecule has 3 atom stereocenters. The van der Waals surface area contributed by atoms with Crippen molar-refractivity contribution in [3.63, 3.8) is 0 Å². The predicted molar refractivity (Wildman–Crippen MR) is 143 cm³/mol. The number of aliphatic hydroxyl groups is 1. The number of benzene rings is 1. The van der Waals surface area contributed by atoms with Gasteiger partial charge in [-0.15, -0.1) is 0 Å². The van der Waals surface area contributed by atoms with Crippen LogP contribution in [0.5, 0.6) is 5.75 Å². The Bertz CT molecular complexity index is 1170. The minimum absolute atomic E-state index is 0.0403. The minimum Gasteiger partial charge on any atom is -0.493 e. The zero-order valence-electron chi connectivity index (χ0n) is 23.4. The fourth-order valence-electron chi connectivity index (χ4n) is 6.02. The van der Waals surface area contributed by atoms with E-state index in [4.69, 9.17) is 9.84 Å². The number of ether oxygens (including phenoxy) is 1. The van der Waals surface area contributed by atoms with Crippen LogP contribution >= 0.6 is 0 Å². The van der Waals surface area contributed by atoms with Gasteiger partial charge in [-0.3, -0.25) is 14.7 Å². The molecule has 0 radical (unpaired) electrons. The summed E-state index contributed by atoms with van der Waals surface area (Å²) in [5.41, 5.74) is 2.30. The molecular weight excluding hydrogens is 509 g/mol. The molecule has 3 heterocycles. The Morgan fingerprint density at radius 2 is 1.97 bits per heavy atom. The van der Waals surface area contributed by atoms with E-state index in [0.717, 1.165) is 43.0 Å². The number of hydrogen-bond donors (Lipinski definition) is 1. The van der Waals surface area contributed by atoms with E-state index in [2.05, 4.69) is 48.5 Å². The predicted octanol–water partition coefficient (Wildman–Crippen LogP) is 4.46. The SMILES string of the molecule is Cc1c(OCCCN(C)CCO)ccc([C@H](C)N2CC3(C)C[C@H]2CN3C(=O)c2ccc(C(F)(F)F)cn2)c1C. The van der Waals surface area contributed by atoms with E-state index in [1.54, 1.807) is 4.90 Å². The second-order valence-electron chi connectivity index (χ2n) is 11.2. The number of rotatable bonds is 10. The van der Waals surface area contributed by atoms with Gasteiger partial charge in [-0.1, -0.05) is 6.07 Å². The molecule has 39 heavy (non-hydrogen) atoms. The molecule has 4 rings (SSSR count). The van der Waals surface area contributed by atoms with Gasteiger partial charge < -0.3 is 19.6 Å². The molecule has 1 amide bonds. The van der Waals surface area contributed by atoms with Crippen molar-refractivity contribution in [2.24, 2.45) is 0 Å². The first-order valence-corrected chi connectivity index (χ1v) is 13.5. The summed E-state index contributed by atoms with van der Waals surface area (Å²) in [5.74, 6) is 0.557. The molecule has 1 unspecified atom stereocenters. The lowest BCUT2D eigenvalue weighted by Crippen LogP contribution is -2.55. The molecule has 0 saturated carbocycles. The highest BCUT2D eigenvalue weighted by Crippen LogP contribution is 2.45. The third kappa shape index (κ3) is 6.07. The van der Waals surface area contributed by atoms with Gasteiger partial charge in [0.15, 0.2) is 0 Å². The van der Waals surface area contributed by atoms with E-state index in [1.807, 2.05) is 13.1 Å². The van der Waals surface area contributed by atoms with Crippen LogP contribution in [0.25, 0.3) is 0 Å². The number of aromatic nitrogens is 1. The number of carbonyl (C=O) groups excluding carboxylic acids is 1. The third-order valence-electron chi connectivity index (χ3n) is 8.42. The highest BCUT2D eigenvalue weighted by Gasteiger charge is 2.54. The molecule has 2 saturated heterocycles. The first-order chi connectivity index (χ1) is 18.4. The Morgan fingerprint density at radius 3 is 2.56 bits per heavy atom. The van der Waals surface area contributed by atoms with Crippen molar-refractivity contribution in [3.05, 3.63) is 58.4 Å². The monoisotopic (exact) mass is 548 g/mol. The number of aliphatic hydroxyl groups excluding tert-OH is 1. The number of piperazine rings is 1. The van der Waals surface area contributed by atoms with Crippen LogP contribution in [0.2, 0.25) is 0 Å². The van der Waals surface area contributed by atoms with Gasteiger partial charge in [0.2, 0.25) is 0 Å². The van der Waals surface area contributed by atoms with Crippen molar-refractivity contribution in [1.82, 2.24) is 19.7 Å². The fraction of sp³-hybridized carbons (Fsp3) is 0.586. The fourth-order valence-corrected chi connectivity index (χ4v) is 6.02. The van der Waals surface area contributed by atoms with Gasteiger partial charge in [0, 0.05) is 44.5 Å². The van der Waals surface area contributed by atoms with Crippen molar-refractivity contribution < 1.29 is 27.8 Å². The van der Waals surface area contributed by atoms with E-state index in [1.165, 1.54) is 17.2 Å². The number of fused-ring (bicyclic) bond motifs is 2. The summed E-state index contributed by atoms with van der Waals surface area (Å²) in [4.78, 5) is 23.3. The molecule has 1 N–H and O–H groups in total. The second-order valence-corrected chi connectivity index (χ2v) is 11.2. The zero-order valence-corrected chi connectivity index (χ0v) is 23.4. The molecular formula is C29H39F3N4O3. The smallest absolute Gasteiger partial charge is 0.417 e. The van der Waals surface area contributed by atoms with Crippen LogP contribution < -0.4 is 4.74 Å². The van der Waals surface area contributed by atoms with Crippen molar-refractivity contribution in [3.8, 4) is 5.75 Å². The molecule has 2 aliphatic rings. The number of amides is 1. The molecule has 7 nitrogen and oxygen atoms in total. The average Bonchev–Trinajstić information content (AvgIpc) is 3.41. The summed E-state index contributed by atoms with van der Waals surface area (Å²) in [6, 6.07) is 6.55. The van der Waals surface area contributed by atoms with E-state index in [0.29, 0.717) is 26.2 Å². The molecule has 2 bridgehead atoms. The molecule has 2 fully saturated rings. The van der Waals surface area contributed by atoms with Gasteiger partial charge in [-0.05, 0) is 82.5 Å². The topological polar surface area (TPSA) is 69.1 Å². The summed E-state index contributed by atoms with van der Waals surface area (Å²) in [6.45, 7) is 11.9. The Hall–Kier alpha value is -2.69. The molecule has 0 aliphatic carbocycles. The van der Waals surface area contributed by atoms with Gasteiger partial charge in [-0.25, -0.2) is 0 Å². The number of nitrogens with zero attached hydrogens (tertiary/aromatic N) is 4. The average molecular weight is 549 g/mol. The molecule has 2 aliphatic heterocycles. The molecule has 0 spiro atoms. The maximum Gasteiger partial charge on any atom is 0.417 e. The number of likely N-dealkylation sites (tertiary alicyclic amines) is 2. The molecule has 1 aromatic heterocycles. The van der Waals surface area contributed by atoms with Crippen LogP contribution in [0.1, 0.15) is 65.5 Å². The van der Waals surface area contributed by atoms with Crippen molar-refractivity contribution >= 4 is 5.91 Å². The number of pyridine rings is 1. The molecule has 10 heteroatoms. The van der Waals surface area contributed by atoms with E-state index < -0.39 is 17.3 Å². The van der Waals surface area contributed by atoms with Crippen LogP contribution in [-0.4, -0.2) is 88.7 Å². The van der Waals surface area contributed by atoms with Gasteiger partial charge in [-0.2, -0.15) is 13.2 Å². The lowest BCUT2D eigenvalue weighted by molar-refractivity contribution is -0.137. The van der Waals surface area contributed by atoms with E-state index in [-0.39, 0.29) is 30.3 Å². The highest BCUT2D eigenvalue weighted by atomic mass is 19.4. The number of likely N-dealkylation sites (N-methyl/N-ethyl adjacent to an activating group) is 1. The van der Waals surface area contributed by atoms with Gasteiger partial charge in [0.05, 0.1) is 24.3 Å². The first-order valence-electron chi connectivity index (χ1n) is 13.5. The Kier molecular flexibility index (Phi) is 8.58. The third-order valence-corrected chi connectivity index (χ3v) is 8.42. The lowest BCUT2D eigenvalue weighted by Gasteiger charge is -2.42. The standard InChI is InChI=1S/C29H39F3N4O3/c1-19-20(2)26(39-14-6-11-34(5)12-13-37)10-8-24(19)21(3)35-18-28(4)15-23(35)17-36(28)27(38)25-9-7-22(16-33-25)29(30,31)32/h7-10,16,21,23,37H,6,11-15,17-18H2,1-5H3/t21-,23-,28?/m0/s1. The highest BCUT2D eigenvalue weighted by molar-refractivity contribution is 5.93. The van der Waals surface area contributed by atoms with Gasteiger partial charge >= 0.3 is 6.18 Å². The minimum atomic E-state index is -4.48.